The zero-order chi connectivity index (χ0) is 10.1. The third kappa shape index (κ3) is 1.50. The fourth-order valence-corrected chi connectivity index (χ4v) is 1.60. The zero-order valence-corrected chi connectivity index (χ0v) is 9.19. The lowest BCUT2D eigenvalue weighted by Crippen LogP contribution is -2.03. The molecule has 2 heterocycles. The highest BCUT2D eigenvalue weighted by molar-refractivity contribution is 9.10. The molecule has 5 heteroatoms. The molecular weight excluding hydrogens is 244 g/mol. The number of nitrogen functional groups attached to an aromatic ring is 1. The van der Waals surface area contributed by atoms with E-state index in [1.54, 1.807) is 12.4 Å². The Hall–Kier alpha value is -1.36. The molecule has 2 N–H and O–H groups in total. The van der Waals surface area contributed by atoms with Gasteiger partial charge in [0.05, 0.1) is 5.69 Å². The summed E-state index contributed by atoms with van der Waals surface area (Å²) in [5.74, 6) is 1.58. The molecule has 0 radical (unpaired) electrons. The average molecular weight is 253 g/mol. The molecule has 2 aromatic rings. The Morgan fingerprint density at radius 1 is 1.43 bits per heavy atom. The molecule has 0 bridgehead atoms. The highest BCUT2D eigenvalue weighted by Crippen LogP contribution is 2.19. The second-order valence-corrected chi connectivity index (χ2v) is 3.83. The van der Waals surface area contributed by atoms with E-state index < -0.39 is 0 Å². The van der Waals surface area contributed by atoms with Crippen LogP contribution >= 0.6 is 15.9 Å². The smallest absolute Gasteiger partial charge is 0.161 e. The molecule has 2 aromatic heterocycles. The number of aromatic nitrogens is 3. The number of anilines is 1. The van der Waals surface area contributed by atoms with E-state index in [4.69, 9.17) is 5.73 Å². The Labute approximate surface area is 89.9 Å². The Balaban J connectivity index is 2.58. The average Bonchev–Trinajstić information content (AvgIpc) is 2.52. The van der Waals surface area contributed by atoms with Gasteiger partial charge in [-0.1, -0.05) is 0 Å². The first-order valence-corrected chi connectivity index (χ1v) is 4.89. The maximum atomic E-state index is 5.84. The number of nitrogens with zero attached hydrogens (tertiary/aromatic N) is 3. The van der Waals surface area contributed by atoms with Gasteiger partial charge in [0, 0.05) is 23.1 Å². The lowest BCUT2D eigenvalue weighted by molar-refractivity contribution is 0.934. The second-order valence-electron chi connectivity index (χ2n) is 2.91. The van der Waals surface area contributed by atoms with Crippen molar-refractivity contribution in [2.75, 3.05) is 5.73 Å². The van der Waals surface area contributed by atoms with Crippen molar-refractivity contribution in [3.8, 4) is 5.82 Å². The normalized spacial score (nSPS) is 10.4. The van der Waals surface area contributed by atoms with E-state index in [0.717, 1.165) is 10.3 Å². The molecule has 0 aliphatic carbocycles. The Morgan fingerprint density at radius 3 is 2.79 bits per heavy atom. The van der Waals surface area contributed by atoms with E-state index in [1.807, 2.05) is 23.8 Å². The SMILES string of the molecule is Cc1nccn1-c1ncc(Br)cc1N. The summed E-state index contributed by atoms with van der Waals surface area (Å²) < 4.78 is 2.72. The van der Waals surface area contributed by atoms with E-state index in [1.165, 1.54) is 0 Å². The minimum atomic E-state index is 0.625. The van der Waals surface area contributed by atoms with Crippen LogP contribution in [0.25, 0.3) is 5.82 Å². The van der Waals surface area contributed by atoms with Crippen molar-refractivity contribution in [2.24, 2.45) is 0 Å². The fourth-order valence-electron chi connectivity index (χ4n) is 1.25. The topological polar surface area (TPSA) is 56.7 Å². The molecule has 72 valence electrons. The number of imidazole rings is 1. The number of hydrogen-bond acceptors (Lipinski definition) is 3. The van der Waals surface area contributed by atoms with Crippen LogP contribution in [0.3, 0.4) is 0 Å². The van der Waals surface area contributed by atoms with Crippen molar-refractivity contribution in [1.29, 1.82) is 0 Å². The van der Waals surface area contributed by atoms with Crippen molar-refractivity contribution in [3.05, 3.63) is 35.0 Å². The van der Waals surface area contributed by atoms with E-state index >= 15 is 0 Å². The summed E-state index contributed by atoms with van der Waals surface area (Å²) in [6.07, 6.45) is 5.27. The van der Waals surface area contributed by atoms with Crippen LogP contribution in [0.15, 0.2) is 29.1 Å². The van der Waals surface area contributed by atoms with E-state index in [0.29, 0.717) is 11.5 Å². The van der Waals surface area contributed by atoms with Crippen LogP contribution in [-0.2, 0) is 0 Å². The van der Waals surface area contributed by atoms with Gasteiger partial charge in [0.25, 0.3) is 0 Å². The molecule has 0 amide bonds. The van der Waals surface area contributed by atoms with Gasteiger partial charge >= 0.3 is 0 Å². The number of nitrogens with two attached hydrogens (primary N) is 1. The number of rotatable bonds is 1. The van der Waals surface area contributed by atoms with Gasteiger partial charge in [-0.05, 0) is 28.9 Å². The third-order valence-corrected chi connectivity index (χ3v) is 2.35. The van der Waals surface area contributed by atoms with Crippen LogP contribution < -0.4 is 5.73 Å². The Morgan fingerprint density at radius 2 is 2.21 bits per heavy atom. The largest absolute Gasteiger partial charge is 0.396 e. The Kier molecular flexibility index (Phi) is 2.25. The summed E-state index contributed by atoms with van der Waals surface area (Å²) in [5.41, 5.74) is 6.47. The zero-order valence-electron chi connectivity index (χ0n) is 7.61. The summed E-state index contributed by atoms with van der Waals surface area (Å²) >= 11 is 3.31. The molecule has 0 aliphatic rings. The molecule has 0 aromatic carbocycles. The fraction of sp³-hybridized carbons (Fsp3) is 0.111. The first-order chi connectivity index (χ1) is 6.68. The van der Waals surface area contributed by atoms with Gasteiger partial charge < -0.3 is 5.73 Å². The predicted octanol–water partition coefficient (Wildman–Crippen LogP) is 1.92. The van der Waals surface area contributed by atoms with Crippen LogP contribution in [0.1, 0.15) is 5.82 Å². The van der Waals surface area contributed by atoms with Crippen molar-refractivity contribution in [3.63, 3.8) is 0 Å². The molecule has 0 aliphatic heterocycles. The van der Waals surface area contributed by atoms with Gasteiger partial charge in [0.15, 0.2) is 5.82 Å². The molecule has 0 saturated carbocycles. The van der Waals surface area contributed by atoms with E-state index in [2.05, 4.69) is 25.9 Å². The van der Waals surface area contributed by atoms with Gasteiger partial charge in [0.2, 0.25) is 0 Å². The number of halogens is 1. The molecule has 0 unspecified atom stereocenters. The van der Waals surface area contributed by atoms with Gasteiger partial charge in [-0.25, -0.2) is 9.97 Å². The van der Waals surface area contributed by atoms with Crippen molar-refractivity contribution in [1.82, 2.24) is 14.5 Å². The summed E-state index contributed by atoms with van der Waals surface area (Å²) in [5, 5.41) is 0. The molecule has 0 saturated heterocycles. The first-order valence-electron chi connectivity index (χ1n) is 4.10. The summed E-state index contributed by atoms with van der Waals surface area (Å²) in [7, 11) is 0. The minimum Gasteiger partial charge on any atom is -0.396 e. The Bertz CT molecular complexity index is 464. The highest BCUT2D eigenvalue weighted by Gasteiger charge is 2.05. The molecule has 2 rings (SSSR count). The summed E-state index contributed by atoms with van der Waals surface area (Å²) in [6.45, 7) is 1.91. The standard InChI is InChI=1S/C9H9BrN4/c1-6-12-2-3-14(6)9-8(11)4-7(10)5-13-9/h2-5H,11H2,1H3. The van der Waals surface area contributed by atoms with E-state index in [-0.39, 0.29) is 0 Å². The maximum Gasteiger partial charge on any atom is 0.161 e. The lowest BCUT2D eigenvalue weighted by Gasteiger charge is -2.06. The molecule has 0 fully saturated rings. The highest BCUT2D eigenvalue weighted by atomic mass is 79.9. The lowest BCUT2D eigenvalue weighted by atomic mass is 10.4. The molecule has 0 atom stereocenters. The van der Waals surface area contributed by atoms with Gasteiger partial charge in [-0.15, -0.1) is 0 Å². The van der Waals surface area contributed by atoms with Crippen molar-refractivity contribution in [2.45, 2.75) is 6.92 Å². The van der Waals surface area contributed by atoms with Gasteiger partial charge in [-0.3, -0.25) is 4.57 Å². The van der Waals surface area contributed by atoms with Crippen LogP contribution in [0.4, 0.5) is 5.69 Å². The first kappa shape index (κ1) is 9.21. The van der Waals surface area contributed by atoms with Crippen LogP contribution in [0.5, 0.6) is 0 Å². The number of aryl methyl sites for hydroxylation is 1. The van der Waals surface area contributed by atoms with Crippen LogP contribution in [0, 0.1) is 6.92 Å². The monoisotopic (exact) mass is 252 g/mol. The molecule has 0 spiro atoms. The minimum absolute atomic E-state index is 0.625. The number of hydrogen-bond donors (Lipinski definition) is 1. The molecular formula is C9H9BrN4. The van der Waals surface area contributed by atoms with Crippen LogP contribution in [0.2, 0.25) is 0 Å². The van der Waals surface area contributed by atoms with Crippen molar-refractivity contribution >= 4 is 21.6 Å². The molecule has 14 heavy (non-hydrogen) atoms. The van der Waals surface area contributed by atoms with Crippen molar-refractivity contribution < 1.29 is 0 Å². The summed E-state index contributed by atoms with van der Waals surface area (Å²) in [6, 6.07) is 1.82. The quantitative estimate of drug-likeness (QED) is 0.844. The molecule has 4 nitrogen and oxygen atoms in total. The number of pyridine rings is 1. The summed E-state index contributed by atoms with van der Waals surface area (Å²) in [4.78, 5) is 8.34. The maximum absolute atomic E-state index is 5.84. The second kappa shape index (κ2) is 3.42. The van der Waals surface area contributed by atoms with E-state index in [9.17, 15) is 0 Å². The van der Waals surface area contributed by atoms with Gasteiger partial charge in [-0.2, -0.15) is 0 Å². The van der Waals surface area contributed by atoms with Crippen LogP contribution in [-0.4, -0.2) is 14.5 Å². The predicted molar refractivity (Wildman–Crippen MR) is 58.2 cm³/mol. The van der Waals surface area contributed by atoms with Gasteiger partial charge in [0.1, 0.15) is 5.82 Å². The third-order valence-electron chi connectivity index (χ3n) is 1.92.